The molecule has 144 valence electrons. The Morgan fingerprint density at radius 3 is 2.18 bits per heavy atom. The van der Waals surface area contributed by atoms with E-state index in [1.165, 1.54) is 0 Å². The van der Waals surface area contributed by atoms with Crippen LogP contribution in [0, 0.1) is 23.7 Å². The Balaban J connectivity index is 1.47. The van der Waals surface area contributed by atoms with Crippen LogP contribution in [-0.2, 0) is 9.31 Å². The number of aliphatic hydroxyl groups is 1. The molecule has 1 heterocycles. The van der Waals surface area contributed by atoms with E-state index in [1.54, 1.807) is 0 Å². The molecular weight excluding hydrogens is 347 g/mol. The van der Waals surface area contributed by atoms with Crippen LogP contribution in [0.5, 0.6) is 0 Å². The first-order chi connectivity index (χ1) is 13.8. The highest BCUT2D eigenvalue weighted by Gasteiger charge is 2.44. The van der Waals surface area contributed by atoms with E-state index < -0.39 is 6.10 Å². The number of hydrogen-bond acceptors (Lipinski definition) is 3. The van der Waals surface area contributed by atoms with Crippen LogP contribution in [0.4, 0.5) is 0 Å². The van der Waals surface area contributed by atoms with Crippen molar-refractivity contribution in [3.8, 4) is 0 Å². The highest BCUT2D eigenvalue weighted by atomic mass is 16.6. The van der Waals surface area contributed by atoms with E-state index in [2.05, 4.69) is 18.7 Å². The molecule has 1 aliphatic carbocycles. The summed E-state index contributed by atoms with van der Waals surface area (Å²) in [5.41, 5.74) is 1.97. The average molecular weight is 374 g/mol. The van der Waals surface area contributed by atoms with Crippen molar-refractivity contribution < 1.29 is 14.4 Å². The molecular formula is C24H27BO3. The minimum Gasteiger partial charge on any atom is -0.407 e. The van der Waals surface area contributed by atoms with E-state index in [9.17, 15) is 5.11 Å². The second-order valence-electron chi connectivity index (χ2n) is 7.78. The number of allylic oxidation sites excluding steroid dienone is 2. The zero-order valence-electron chi connectivity index (χ0n) is 16.1. The molecule has 0 radical (unpaired) electrons. The van der Waals surface area contributed by atoms with Crippen LogP contribution < -0.4 is 5.46 Å². The molecule has 0 unspecified atom stereocenters. The highest BCUT2D eigenvalue weighted by Crippen LogP contribution is 2.44. The Hall–Kier alpha value is -2.14. The molecule has 2 aliphatic rings. The summed E-state index contributed by atoms with van der Waals surface area (Å²) in [6.07, 6.45) is 6.60. The van der Waals surface area contributed by atoms with E-state index in [0.717, 1.165) is 17.4 Å². The molecule has 0 aromatic heterocycles. The van der Waals surface area contributed by atoms with E-state index in [0.29, 0.717) is 36.9 Å². The van der Waals surface area contributed by atoms with E-state index in [-0.39, 0.29) is 7.12 Å². The summed E-state index contributed by atoms with van der Waals surface area (Å²) in [7, 11) is -0.309. The fourth-order valence-corrected chi connectivity index (χ4v) is 4.54. The van der Waals surface area contributed by atoms with Crippen molar-refractivity contribution in [1.82, 2.24) is 0 Å². The van der Waals surface area contributed by atoms with Crippen LogP contribution in [0.15, 0.2) is 85.5 Å². The Morgan fingerprint density at radius 1 is 0.929 bits per heavy atom. The summed E-state index contributed by atoms with van der Waals surface area (Å²) in [6.45, 7) is 5.38. The molecule has 1 saturated carbocycles. The maximum absolute atomic E-state index is 10.5. The van der Waals surface area contributed by atoms with Gasteiger partial charge in [-0.15, -0.1) is 6.58 Å². The van der Waals surface area contributed by atoms with Gasteiger partial charge in [0.15, 0.2) is 0 Å². The van der Waals surface area contributed by atoms with Crippen LogP contribution >= 0.6 is 0 Å². The van der Waals surface area contributed by atoms with Gasteiger partial charge in [-0.2, -0.15) is 0 Å². The minimum atomic E-state index is -0.581. The summed E-state index contributed by atoms with van der Waals surface area (Å²) in [5, 5.41) is 10.5. The quantitative estimate of drug-likeness (QED) is 0.640. The number of benzene rings is 2. The second kappa shape index (κ2) is 8.91. The number of hydrogen-bond donors (Lipinski definition) is 1. The van der Waals surface area contributed by atoms with Crippen molar-refractivity contribution in [2.75, 3.05) is 13.2 Å². The van der Waals surface area contributed by atoms with Gasteiger partial charge in [-0.1, -0.05) is 78.9 Å². The molecule has 0 bridgehead atoms. The molecule has 5 atom stereocenters. The van der Waals surface area contributed by atoms with E-state index >= 15 is 0 Å². The maximum atomic E-state index is 10.5. The summed E-state index contributed by atoms with van der Waals surface area (Å²) in [6, 6.07) is 19.9. The lowest BCUT2D eigenvalue weighted by Gasteiger charge is -2.21. The van der Waals surface area contributed by atoms with Crippen LogP contribution in [0.3, 0.4) is 0 Å². The van der Waals surface area contributed by atoms with E-state index in [4.69, 9.17) is 9.31 Å². The van der Waals surface area contributed by atoms with Crippen molar-refractivity contribution in [2.24, 2.45) is 23.7 Å². The number of aliphatic hydroxyl groups excluding tert-OH is 1. The lowest BCUT2D eigenvalue weighted by Crippen LogP contribution is -2.36. The smallest absolute Gasteiger partial charge is 0.407 e. The summed E-state index contributed by atoms with van der Waals surface area (Å²) in [4.78, 5) is 0. The molecule has 4 heteroatoms. The summed E-state index contributed by atoms with van der Waals surface area (Å²) < 4.78 is 12.3. The van der Waals surface area contributed by atoms with Gasteiger partial charge in [0, 0.05) is 13.2 Å². The third-order valence-electron chi connectivity index (χ3n) is 6.13. The van der Waals surface area contributed by atoms with Crippen molar-refractivity contribution in [3.63, 3.8) is 0 Å². The minimum absolute atomic E-state index is 0.309. The van der Waals surface area contributed by atoms with Gasteiger partial charge in [-0.3, -0.25) is 0 Å². The molecule has 2 aromatic carbocycles. The fraction of sp³-hybridized carbons (Fsp3) is 0.333. The van der Waals surface area contributed by atoms with Gasteiger partial charge in [0.1, 0.15) is 0 Å². The molecule has 2 fully saturated rings. The van der Waals surface area contributed by atoms with Gasteiger partial charge in [-0.25, -0.2) is 0 Å². The summed E-state index contributed by atoms with van der Waals surface area (Å²) in [5.74, 6) is 1.53. The summed E-state index contributed by atoms with van der Waals surface area (Å²) >= 11 is 0. The Bertz CT molecular complexity index is 792. The fourth-order valence-electron chi connectivity index (χ4n) is 4.54. The lowest BCUT2D eigenvalue weighted by atomic mass is 9.79. The number of rotatable bonds is 5. The molecule has 28 heavy (non-hydrogen) atoms. The van der Waals surface area contributed by atoms with Gasteiger partial charge in [0.2, 0.25) is 0 Å². The first-order valence-electron chi connectivity index (χ1n) is 10.1. The van der Waals surface area contributed by atoms with Gasteiger partial charge in [0.05, 0.1) is 6.10 Å². The first kappa shape index (κ1) is 19.2. The van der Waals surface area contributed by atoms with Gasteiger partial charge >= 0.3 is 7.12 Å². The number of fused-ring (bicyclic) bond motifs is 1. The van der Waals surface area contributed by atoms with Gasteiger partial charge in [-0.05, 0) is 41.1 Å². The Kier molecular flexibility index (Phi) is 6.11. The molecule has 1 N–H and O–H groups in total. The lowest BCUT2D eigenvalue weighted by molar-refractivity contribution is 0.202. The standard InChI is InChI=1S/C24H27BO3/c1-2-18-15-20(13-14-24(26)19-9-5-3-6-10-19)23-17-28-25(27-16-22(18)23)21-11-7-4-8-12-21/h2-14,18,20,22-24,26H,1,15-17H2/b14-13-/t18-,20+,22+,23-,24-/m1/s1. The zero-order valence-corrected chi connectivity index (χ0v) is 16.1. The molecule has 0 amide bonds. The Labute approximate surface area is 167 Å². The van der Waals surface area contributed by atoms with Crippen molar-refractivity contribution in [3.05, 3.63) is 91.0 Å². The molecule has 3 nitrogen and oxygen atoms in total. The highest BCUT2D eigenvalue weighted by molar-refractivity contribution is 6.61. The molecule has 4 rings (SSSR count). The monoisotopic (exact) mass is 374 g/mol. The predicted molar refractivity (Wildman–Crippen MR) is 113 cm³/mol. The molecule has 0 spiro atoms. The van der Waals surface area contributed by atoms with Crippen molar-refractivity contribution in [1.29, 1.82) is 0 Å². The maximum Gasteiger partial charge on any atom is 0.493 e. The van der Waals surface area contributed by atoms with Crippen LogP contribution in [0.1, 0.15) is 18.1 Å². The molecule has 2 aromatic rings. The van der Waals surface area contributed by atoms with Crippen molar-refractivity contribution in [2.45, 2.75) is 12.5 Å². The average Bonchev–Trinajstić information content (AvgIpc) is 2.94. The predicted octanol–water partition coefficient (Wildman–Crippen LogP) is 3.77. The van der Waals surface area contributed by atoms with Crippen molar-refractivity contribution >= 4 is 12.6 Å². The van der Waals surface area contributed by atoms with Crippen LogP contribution in [0.25, 0.3) is 0 Å². The van der Waals surface area contributed by atoms with Crippen LogP contribution in [-0.4, -0.2) is 25.4 Å². The van der Waals surface area contributed by atoms with Crippen LogP contribution in [0.2, 0.25) is 0 Å². The molecule has 1 saturated heterocycles. The topological polar surface area (TPSA) is 38.7 Å². The third kappa shape index (κ3) is 4.14. The van der Waals surface area contributed by atoms with Gasteiger partial charge < -0.3 is 14.4 Å². The van der Waals surface area contributed by atoms with E-state index in [1.807, 2.05) is 66.7 Å². The zero-order chi connectivity index (χ0) is 19.3. The Morgan fingerprint density at radius 2 is 1.54 bits per heavy atom. The third-order valence-corrected chi connectivity index (χ3v) is 6.13. The second-order valence-corrected chi connectivity index (χ2v) is 7.78. The largest absolute Gasteiger partial charge is 0.493 e. The first-order valence-corrected chi connectivity index (χ1v) is 10.1. The SMILES string of the molecule is C=C[C@@H]1C[C@H](/C=C\[C@@H](O)c2ccccc2)[C@H]2COB(c3ccccc3)OC[C@H]21. The molecule has 1 aliphatic heterocycles. The van der Waals surface area contributed by atoms with Gasteiger partial charge in [0.25, 0.3) is 0 Å². The normalized spacial score (nSPS) is 28.7.